The Morgan fingerprint density at radius 2 is 2.00 bits per heavy atom. The lowest BCUT2D eigenvalue weighted by Crippen LogP contribution is -2.07. The van der Waals surface area contributed by atoms with Crippen LogP contribution in [0.25, 0.3) is 0 Å². The van der Waals surface area contributed by atoms with Crippen LogP contribution in [-0.4, -0.2) is 12.7 Å². The number of hydrogen-bond donors (Lipinski definition) is 0. The summed E-state index contributed by atoms with van der Waals surface area (Å²) in [5, 5.41) is 0. The second-order valence-electron chi connectivity index (χ2n) is 3.01. The molecule has 0 aliphatic heterocycles. The first-order chi connectivity index (χ1) is 5.81. The van der Waals surface area contributed by atoms with Crippen LogP contribution in [0.4, 0.5) is 0 Å². The summed E-state index contributed by atoms with van der Waals surface area (Å²) in [5.74, 6) is 0. The van der Waals surface area contributed by atoms with Crippen LogP contribution in [0.3, 0.4) is 0 Å². The van der Waals surface area contributed by atoms with Crippen LogP contribution in [0.1, 0.15) is 32.6 Å². The van der Waals surface area contributed by atoms with Gasteiger partial charge in [0.1, 0.15) is 0 Å². The van der Waals surface area contributed by atoms with Crippen LogP contribution in [-0.2, 0) is 4.74 Å². The van der Waals surface area contributed by atoms with Gasteiger partial charge in [-0.25, -0.2) is 0 Å². The summed E-state index contributed by atoms with van der Waals surface area (Å²) < 4.78 is 5.43. The van der Waals surface area contributed by atoms with Crippen LogP contribution in [0.5, 0.6) is 0 Å². The van der Waals surface area contributed by atoms with E-state index in [1.807, 2.05) is 6.08 Å². The van der Waals surface area contributed by atoms with Crippen LogP contribution in [0.2, 0.25) is 0 Å². The Kier molecular flexibility index (Phi) is 8.14. The molecule has 0 saturated heterocycles. The van der Waals surface area contributed by atoms with E-state index in [0.717, 1.165) is 12.8 Å². The molecule has 0 aromatic rings. The van der Waals surface area contributed by atoms with Gasteiger partial charge in [-0.05, 0) is 26.2 Å². The molecule has 70 valence electrons. The van der Waals surface area contributed by atoms with Crippen molar-refractivity contribution in [2.75, 3.05) is 6.61 Å². The molecule has 0 aliphatic carbocycles. The summed E-state index contributed by atoms with van der Waals surface area (Å²) in [5.41, 5.74) is 0. The molecular formula is C11H20O. The van der Waals surface area contributed by atoms with Crippen molar-refractivity contribution in [2.45, 2.75) is 38.7 Å². The van der Waals surface area contributed by atoms with E-state index in [9.17, 15) is 0 Å². The molecule has 0 bridgehead atoms. The van der Waals surface area contributed by atoms with Crippen LogP contribution in [0.15, 0.2) is 25.3 Å². The number of hydrogen-bond acceptors (Lipinski definition) is 1. The van der Waals surface area contributed by atoms with Crippen LogP contribution in [0, 0.1) is 0 Å². The zero-order valence-corrected chi connectivity index (χ0v) is 8.09. The van der Waals surface area contributed by atoms with Gasteiger partial charge in [0.05, 0.1) is 12.7 Å². The Balaban J connectivity index is 3.12. The van der Waals surface area contributed by atoms with Crippen LogP contribution >= 0.6 is 0 Å². The molecule has 0 aromatic heterocycles. The summed E-state index contributed by atoms with van der Waals surface area (Å²) in [7, 11) is 0. The molecular weight excluding hydrogens is 148 g/mol. The molecule has 0 saturated carbocycles. The monoisotopic (exact) mass is 168 g/mol. The van der Waals surface area contributed by atoms with Gasteiger partial charge in [0.15, 0.2) is 0 Å². The molecule has 12 heavy (non-hydrogen) atoms. The first-order valence-electron chi connectivity index (χ1n) is 4.64. The zero-order chi connectivity index (χ0) is 9.23. The van der Waals surface area contributed by atoms with Crippen molar-refractivity contribution in [2.24, 2.45) is 0 Å². The van der Waals surface area contributed by atoms with Gasteiger partial charge in [-0.1, -0.05) is 18.6 Å². The summed E-state index contributed by atoms with van der Waals surface area (Å²) >= 11 is 0. The lowest BCUT2D eigenvalue weighted by molar-refractivity contribution is 0.0801. The zero-order valence-electron chi connectivity index (χ0n) is 8.09. The SMILES string of the molecule is C=CCCCCC(C)OCC=C. The van der Waals surface area contributed by atoms with Crippen molar-refractivity contribution < 1.29 is 4.74 Å². The van der Waals surface area contributed by atoms with Gasteiger partial charge < -0.3 is 4.74 Å². The topological polar surface area (TPSA) is 9.23 Å². The fraction of sp³-hybridized carbons (Fsp3) is 0.636. The normalized spacial score (nSPS) is 12.4. The molecule has 0 aromatic carbocycles. The Morgan fingerprint density at radius 1 is 1.25 bits per heavy atom. The van der Waals surface area contributed by atoms with Crippen molar-refractivity contribution in [3.63, 3.8) is 0 Å². The maximum absolute atomic E-state index is 5.43. The van der Waals surface area contributed by atoms with Crippen molar-refractivity contribution in [1.29, 1.82) is 0 Å². The highest BCUT2D eigenvalue weighted by Gasteiger charge is 1.99. The average molecular weight is 168 g/mol. The van der Waals surface area contributed by atoms with E-state index in [2.05, 4.69) is 20.1 Å². The van der Waals surface area contributed by atoms with E-state index in [4.69, 9.17) is 4.74 Å². The highest BCUT2D eigenvalue weighted by atomic mass is 16.5. The third-order valence-corrected chi connectivity index (χ3v) is 1.77. The number of ether oxygens (including phenoxy) is 1. The van der Waals surface area contributed by atoms with Gasteiger partial charge in [0.25, 0.3) is 0 Å². The molecule has 0 N–H and O–H groups in total. The minimum atomic E-state index is 0.368. The second kappa shape index (κ2) is 8.54. The fourth-order valence-electron chi connectivity index (χ4n) is 1.04. The lowest BCUT2D eigenvalue weighted by atomic mass is 10.1. The van der Waals surface area contributed by atoms with Gasteiger partial charge in [0, 0.05) is 0 Å². The Hall–Kier alpha value is -0.560. The predicted octanol–water partition coefficient (Wildman–Crippen LogP) is 3.32. The quantitative estimate of drug-likeness (QED) is 0.399. The van der Waals surface area contributed by atoms with Gasteiger partial charge in [-0.2, -0.15) is 0 Å². The molecule has 1 unspecified atom stereocenters. The van der Waals surface area contributed by atoms with Crippen LogP contribution < -0.4 is 0 Å². The highest BCUT2D eigenvalue weighted by molar-refractivity contribution is 4.67. The molecule has 0 radical (unpaired) electrons. The summed E-state index contributed by atoms with van der Waals surface area (Å²) in [6.07, 6.45) is 8.84. The van der Waals surface area contributed by atoms with E-state index in [1.54, 1.807) is 6.08 Å². The lowest BCUT2D eigenvalue weighted by Gasteiger charge is -2.10. The van der Waals surface area contributed by atoms with E-state index in [-0.39, 0.29) is 0 Å². The Morgan fingerprint density at radius 3 is 2.58 bits per heavy atom. The van der Waals surface area contributed by atoms with Crippen molar-refractivity contribution in [1.82, 2.24) is 0 Å². The molecule has 0 aliphatic rings. The molecule has 0 rings (SSSR count). The smallest absolute Gasteiger partial charge is 0.0648 e. The first-order valence-corrected chi connectivity index (χ1v) is 4.64. The molecule has 0 spiro atoms. The van der Waals surface area contributed by atoms with Gasteiger partial charge in [-0.3, -0.25) is 0 Å². The van der Waals surface area contributed by atoms with E-state index < -0.39 is 0 Å². The van der Waals surface area contributed by atoms with Gasteiger partial charge in [0.2, 0.25) is 0 Å². The molecule has 1 nitrogen and oxygen atoms in total. The largest absolute Gasteiger partial charge is 0.374 e. The van der Waals surface area contributed by atoms with E-state index >= 15 is 0 Å². The third-order valence-electron chi connectivity index (χ3n) is 1.77. The van der Waals surface area contributed by atoms with Crippen molar-refractivity contribution in [3.05, 3.63) is 25.3 Å². The minimum Gasteiger partial charge on any atom is -0.374 e. The predicted molar refractivity (Wildman–Crippen MR) is 54.3 cm³/mol. The summed E-state index contributed by atoms with van der Waals surface area (Å²) in [6, 6.07) is 0. The first kappa shape index (κ1) is 11.4. The molecule has 0 heterocycles. The average Bonchev–Trinajstić information content (AvgIpc) is 2.09. The fourth-order valence-corrected chi connectivity index (χ4v) is 1.04. The summed E-state index contributed by atoms with van der Waals surface area (Å²) in [6.45, 7) is 10.1. The Labute approximate surface area is 76.1 Å². The molecule has 0 amide bonds. The standard InChI is InChI=1S/C11H20O/c1-4-6-7-8-9-11(3)12-10-5-2/h4-5,11H,1-2,6-10H2,3H3. The minimum absolute atomic E-state index is 0.368. The number of allylic oxidation sites excluding steroid dienone is 1. The third kappa shape index (κ3) is 7.55. The van der Waals surface area contributed by atoms with Gasteiger partial charge >= 0.3 is 0 Å². The van der Waals surface area contributed by atoms with Gasteiger partial charge in [-0.15, -0.1) is 13.2 Å². The van der Waals surface area contributed by atoms with E-state index in [1.165, 1.54) is 12.8 Å². The Bertz CT molecular complexity index is 118. The number of unbranched alkanes of at least 4 members (excludes halogenated alkanes) is 2. The molecule has 1 atom stereocenters. The highest BCUT2D eigenvalue weighted by Crippen LogP contribution is 2.06. The number of rotatable bonds is 8. The van der Waals surface area contributed by atoms with Crippen molar-refractivity contribution in [3.8, 4) is 0 Å². The van der Waals surface area contributed by atoms with Crippen molar-refractivity contribution >= 4 is 0 Å². The summed E-state index contributed by atoms with van der Waals surface area (Å²) in [4.78, 5) is 0. The molecule has 1 heteroatoms. The maximum Gasteiger partial charge on any atom is 0.0648 e. The second-order valence-corrected chi connectivity index (χ2v) is 3.01. The van der Waals surface area contributed by atoms with E-state index in [0.29, 0.717) is 12.7 Å². The maximum atomic E-state index is 5.43. The molecule has 0 fully saturated rings.